The van der Waals surface area contributed by atoms with Gasteiger partial charge in [-0.1, -0.05) is 0 Å². The van der Waals surface area contributed by atoms with E-state index in [1.165, 1.54) is 14.0 Å². The molecule has 22 heavy (non-hydrogen) atoms. The van der Waals surface area contributed by atoms with Crippen LogP contribution in [0.3, 0.4) is 0 Å². The lowest BCUT2D eigenvalue weighted by atomic mass is 10.3. The van der Waals surface area contributed by atoms with E-state index in [9.17, 15) is 19.2 Å². The predicted molar refractivity (Wildman–Crippen MR) is 70.0 cm³/mol. The highest BCUT2D eigenvalue weighted by Crippen LogP contribution is 2.13. The van der Waals surface area contributed by atoms with E-state index in [0.717, 1.165) is 0 Å². The van der Waals surface area contributed by atoms with E-state index in [-0.39, 0.29) is 32.5 Å². The first-order valence-corrected chi connectivity index (χ1v) is 6.76. The molecule has 1 saturated heterocycles. The van der Waals surface area contributed by atoms with E-state index in [1.54, 1.807) is 0 Å². The minimum Gasteiger partial charge on any atom is -0.460 e. The van der Waals surface area contributed by atoms with Gasteiger partial charge in [0.15, 0.2) is 0 Å². The zero-order valence-electron chi connectivity index (χ0n) is 12.5. The minimum atomic E-state index is -0.829. The van der Waals surface area contributed by atoms with Crippen LogP contribution in [0.5, 0.6) is 0 Å². The van der Waals surface area contributed by atoms with Gasteiger partial charge >= 0.3 is 11.9 Å². The Morgan fingerprint density at radius 1 is 1.14 bits per heavy atom. The Morgan fingerprint density at radius 3 is 2.36 bits per heavy atom. The number of rotatable bonds is 9. The normalized spacial score (nSPS) is 15.8. The summed E-state index contributed by atoms with van der Waals surface area (Å²) in [5, 5.41) is 0.449. The highest BCUT2D eigenvalue weighted by molar-refractivity contribution is 6.01. The maximum atomic E-state index is 11.6. The van der Waals surface area contributed by atoms with Crippen molar-refractivity contribution >= 4 is 23.8 Å². The summed E-state index contributed by atoms with van der Waals surface area (Å²) in [5.41, 5.74) is 0. The first kappa shape index (κ1) is 18.1. The van der Waals surface area contributed by atoms with E-state index < -0.39 is 29.9 Å². The summed E-state index contributed by atoms with van der Waals surface area (Å²) in [6, 6.07) is 0. The Labute approximate surface area is 127 Å². The van der Waals surface area contributed by atoms with Crippen LogP contribution >= 0.6 is 0 Å². The molecule has 0 aliphatic carbocycles. The number of methoxy groups -OCH3 is 1. The number of hydrogen-bond acceptors (Lipinski definition) is 8. The molecule has 1 heterocycles. The van der Waals surface area contributed by atoms with Crippen LogP contribution in [0.15, 0.2) is 0 Å². The van der Waals surface area contributed by atoms with E-state index in [1.807, 2.05) is 0 Å². The molecule has 1 aliphatic heterocycles. The molecule has 9 nitrogen and oxygen atoms in total. The number of imide groups is 1. The van der Waals surface area contributed by atoms with Crippen LogP contribution in [-0.2, 0) is 38.2 Å². The quantitative estimate of drug-likeness (QED) is 0.320. The first-order valence-electron chi connectivity index (χ1n) is 6.76. The highest BCUT2D eigenvalue weighted by atomic mass is 16.7. The van der Waals surface area contributed by atoms with Crippen molar-refractivity contribution in [2.24, 2.45) is 0 Å². The SMILES string of the molecule is COCCOCC(=O)OC(C)CC(=O)ON1C(=O)CCC1=O. The fraction of sp³-hybridized carbons (Fsp3) is 0.692. The number of ether oxygens (including phenoxy) is 3. The van der Waals surface area contributed by atoms with E-state index >= 15 is 0 Å². The molecule has 0 aromatic heterocycles. The molecule has 0 radical (unpaired) electrons. The van der Waals surface area contributed by atoms with Crippen LogP contribution in [0.4, 0.5) is 0 Å². The molecular formula is C13H19NO8. The van der Waals surface area contributed by atoms with Gasteiger partial charge in [-0.25, -0.2) is 9.59 Å². The first-order chi connectivity index (χ1) is 10.4. The van der Waals surface area contributed by atoms with Crippen molar-refractivity contribution in [1.29, 1.82) is 0 Å². The summed E-state index contributed by atoms with van der Waals surface area (Å²) in [5.74, 6) is -2.59. The van der Waals surface area contributed by atoms with Gasteiger partial charge in [0.05, 0.1) is 19.6 Å². The summed E-state index contributed by atoms with van der Waals surface area (Å²) < 4.78 is 14.6. The Morgan fingerprint density at radius 2 is 1.77 bits per heavy atom. The monoisotopic (exact) mass is 317 g/mol. The molecule has 0 aromatic rings. The molecule has 1 fully saturated rings. The second-order valence-electron chi connectivity index (χ2n) is 4.60. The smallest absolute Gasteiger partial charge is 0.336 e. The van der Waals surface area contributed by atoms with Gasteiger partial charge in [-0.3, -0.25) is 9.59 Å². The average molecular weight is 317 g/mol. The molecule has 2 amide bonds. The van der Waals surface area contributed by atoms with Gasteiger partial charge in [-0.2, -0.15) is 0 Å². The van der Waals surface area contributed by atoms with E-state index in [2.05, 4.69) is 4.84 Å². The molecule has 1 rings (SSSR count). The second kappa shape index (κ2) is 9.11. The van der Waals surface area contributed by atoms with Crippen LogP contribution in [0, 0.1) is 0 Å². The van der Waals surface area contributed by atoms with Crippen LogP contribution in [-0.4, -0.2) is 61.9 Å². The molecule has 124 valence electrons. The number of hydroxylamine groups is 2. The van der Waals surface area contributed by atoms with Gasteiger partial charge in [-0.15, -0.1) is 5.06 Å². The lowest BCUT2D eigenvalue weighted by Gasteiger charge is -2.15. The van der Waals surface area contributed by atoms with E-state index in [4.69, 9.17) is 14.2 Å². The molecule has 0 spiro atoms. The van der Waals surface area contributed by atoms with Gasteiger partial charge in [-0.05, 0) is 6.92 Å². The van der Waals surface area contributed by atoms with Crippen molar-refractivity contribution in [1.82, 2.24) is 5.06 Å². The van der Waals surface area contributed by atoms with Gasteiger partial charge in [0.25, 0.3) is 11.8 Å². The lowest BCUT2D eigenvalue weighted by molar-refractivity contribution is -0.199. The molecule has 0 bridgehead atoms. The molecule has 1 unspecified atom stereocenters. The predicted octanol–water partition coefficient (Wildman–Crippen LogP) is -0.422. The fourth-order valence-electron chi connectivity index (χ4n) is 1.63. The summed E-state index contributed by atoms with van der Waals surface area (Å²) in [6.45, 7) is 1.84. The molecule has 1 atom stereocenters. The highest BCUT2D eigenvalue weighted by Gasteiger charge is 2.33. The Hall–Kier alpha value is -2.00. The van der Waals surface area contributed by atoms with Crippen molar-refractivity contribution in [2.45, 2.75) is 32.3 Å². The van der Waals surface area contributed by atoms with Crippen LogP contribution < -0.4 is 0 Å². The Balaban J connectivity index is 2.24. The molecular weight excluding hydrogens is 298 g/mol. The van der Waals surface area contributed by atoms with Crippen molar-refractivity contribution in [3.8, 4) is 0 Å². The number of carbonyl (C=O) groups is 4. The third-order valence-electron chi connectivity index (χ3n) is 2.64. The number of amides is 2. The second-order valence-corrected chi connectivity index (χ2v) is 4.60. The van der Waals surface area contributed by atoms with E-state index in [0.29, 0.717) is 11.7 Å². The summed E-state index contributed by atoms with van der Waals surface area (Å²) in [4.78, 5) is 50.2. The maximum Gasteiger partial charge on any atom is 0.336 e. The van der Waals surface area contributed by atoms with Crippen LogP contribution in [0.25, 0.3) is 0 Å². The van der Waals surface area contributed by atoms with Crippen LogP contribution in [0.1, 0.15) is 26.2 Å². The zero-order chi connectivity index (χ0) is 16.5. The standard InChI is InChI=1S/C13H19NO8/c1-9(21-13(18)8-20-6-5-19-2)7-12(17)22-14-10(15)3-4-11(14)16/h9H,3-8H2,1-2H3. The third kappa shape index (κ3) is 6.19. The molecule has 1 aliphatic rings. The van der Waals surface area contributed by atoms with Gasteiger partial charge in [0.1, 0.15) is 12.7 Å². The van der Waals surface area contributed by atoms with Gasteiger partial charge in [0, 0.05) is 20.0 Å². The summed E-state index contributed by atoms with van der Waals surface area (Å²) in [7, 11) is 1.51. The maximum absolute atomic E-state index is 11.6. The van der Waals surface area contributed by atoms with Gasteiger partial charge < -0.3 is 19.0 Å². The minimum absolute atomic E-state index is 0.0233. The van der Waals surface area contributed by atoms with Crippen molar-refractivity contribution < 1.29 is 38.2 Å². The number of hydrogen-bond donors (Lipinski definition) is 0. The van der Waals surface area contributed by atoms with Crippen LogP contribution in [0.2, 0.25) is 0 Å². The third-order valence-corrected chi connectivity index (χ3v) is 2.64. The van der Waals surface area contributed by atoms with Crippen molar-refractivity contribution in [3.05, 3.63) is 0 Å². The van der Waals surface area contributed by atoms with Crippen molar-refractivity contribution in [2.75, 3.05) is 26.9 Å². The Kier molecular flexibility index (Phi) is 7.47. The van der Waals surface area contributed by atoms with Crippen molar-refractivity contribution in [3.63, 3.8) is 0 Å². The average Bonchev–Trinajstić information content (AvgIpc) is 2.75. The zero-order valence-corrected chi connectivity index (χ0v) is 12.5. The fourth-order valence-corrected chi connectivity index (χ4v) is 1.63. The number of nitrogens with zero attached hydrogens (tertiary/aromatic N) is 1. The largest absolute Gasteiger partial charge is 0.460 e. The topological polar surface area (TPSA) is 108 Å². The lowest BCUT2D eigenvalue weighted by Crippen LogP contribution is -2.33. The molecule has 9 heteroatoms. The summed E-state index contributed by atoms with van der Waals surface area (Å²) in [6.07, 6.45) is -0.995. The molecule has 0 N–H and O–H groups in total. The molecule has 0 saturated carbocycles. The number of esters is 1. The number of carbonyl (C=O) groups excluding carboxylic acids is 4. The molecule has 0 aromatic carbocycles. The Bertz CT molecular complexity index is 420. The summed E-state index contributed by atoms with van der Waals surface area (Å²) >= 11 is 0. The van der Waals surface area contributed by atoms with Gasteiger partial charge in [0.2, 0.25) is 0 Å².